The van der Waals surface area contributed by atoms with Gasteiger partial charge in [-0.15, -0.1) is 0 Å². The molecule has 1 N–H and O–H groups in total. The van der Waals surface area contributed by atoms with Crippen LogP contribution in [0.15, 0.2) is 12.3 Å². The van der Waals surface area contributed by atoms with E-state index in [0.717, 1.165) is 50.5 Å². The van der Waals surface area contributed by atoms with Gasteiger partial charge in [-0.05, 0) is 51.0 Å². The van der Waals surface area contributed by atoms with Crippen LogP contribution in [0, 0.1) is 12.8 Å². The van der Waals surface area contributed by atoms with Crippen molar-refractivity contribution in [1.29, 1.82) is 0 Å². The Balaban J connectivity index is 2.07. The molecule has 2 atom stereocenters. The molecule has 0 saturated heterocycles. The van der Waals surface area contributed by atoms with Crippen LogP contribution in [-0.2, 0) is 9.53 Å². The summed E-state index contributed by atoms with van der Waals surface area (Å²) >= 11 is 0. The Labute approximate surface area is 157 Å². The predicted octanol–water partition coefficient (Wildman–Crippen LogP) is 4.88. The highest BCUT2D eigenvalue weighted by Gasteiger charge is 2.42. The molecule has 1 saturated carbocycles. The summed E-state index contributed by atoms with van der Waals surface area (Å²) in [5.74, 6) is 1.10. The lowest BCUT2D eigenvalue weighted by Gasteiger charge is -2.38. The molecule has 26 heavy (non-hydrogen) atoms. The van der Waals surface area contributed by atoms with Crippen molar-refractivity contribution < 1.29 is 14.3 Å². The van der Waals surface area contributed by atoms with Gasteiger partial charge in [0.15, 0.2) is 0 Å². The minimum atomic E-state index is -0.710. The predicted molar refractivity (Wildman–Crippen MR) is 105 cm³/mol. The van der Waals surface area contributed by atoms with Gasteiger partial charge < -0.3 is 14.8 Å². The lowest BCUT2D eigenvalue weighted by atomic mass is 9.78. The van der Waals surface area contributed by atoms with Crippen molar-refractivity contribution in [3.05, 3.63) is 17.8 Å². The third-order valence-electron chi connectivity index (χ3n) is 4.98. The molecular weight excluding hydrogens is 328 g/mol. The average Bonchev–Trinajstić information content (AvgIpc) is 2.62. The second-order valence-electron chi connectivity index (χ2n) is 7.55. The van der Waals surface area contributed by atoms with E-state index in [0.29, 0.717) is 30.7 Å². The number of aromatic nitrogens is 1. The van der Waals surface area contributed by atoms with Crippen LogP contribution >= 0.6 is 0 Å². The number of aryl methyl sites for hydroxylation is 1. The van der Waals surface area contributed by atoms with Crippen LogP contribution in [0.1, 0.15) is 71.3 Å². The molecule has 0 aliphatic heterocycles. The number of hydrogen-bond donors (Lipinski definition) is 1. The third-order valence-corrected chi connectivity index (χ3v) is 4.98. The van der Waals surface area contributed by atoms with Gasteiger partial charge in [0.25, 0.3) is 5.91 Å². The van der Waals surface area contributed by atoms with Crippen LogP contribution in [0.25, 0.3) is 0 Å². The van der Waals surface area contributed by atoms with Crippen molar-refractivity contribution in [3.8, 4) is 5.88 Å². The van der Waals surface area contributed by atoms with E-state index in [1.165, 1.54) is 0 Å². The van der Waals surface area contributed by atoms with E-state index in [9.17, 15) is 4.79 Å². The number of pyridine rings is 1. The topological polar surface area (TPSA) is 60.5 Å². The number of unbranched alkanes of at least 4 members (excludes halogenated alkanes) is 1. The number of hydrogen-bond acceptors (Lipinski definition) is 4. The largest absolute Gasteiger partial charge is 0.477 e. The highest BCUT2D eigenvalue weighted by atomic mass is 16.5. The Kier molecular flexibility index (Phi) is 7.88. The van der Waals surface area contributed by atoms with Gasteiger partial charge in [-0.25, -0.2) is 4.98 Å². The molecule has 5 nitrogen and oxygen atoms in total. The molecule has 1 heterocycles. The SMILES string of the molecule is CCCCOc1ncc(NC(=O)[C@]2(OCCC)CCC[C@@H](C)C2)cc1C. The molecule has 0 aromatic carbocycles. The number of carbonyl (C=O) groups is 1. The number of ether oxygens (including phenoxy) is 2. The van der Waals surface area contributed by atoms with Gasteiger partial charge in [0.1, 0.15) is 5.60 Å². The number of rotatable bonds is 9. The number of amides is 1. The number of nitrogens with one attached hydrogen (secondary N) is 1. The average molecular weight is 363 g/mol. The zero-order valence-corrected chi connectivity index (χ0v) is 16.8. The summed E-state index contributed by atoms with van der Waals surface area (Å²) in [5, 5.41) is 3.04. The maximum Gasteiger partial charge on any atom is 0.256 e. The standard InChI is InChI=1S/C21H34N2O3/c1-5-7-12-25-19-17(4)13-18(15-22-19)23-20(24)21(26-11-6-2)10-8-9-16(3)14-21/h13,15-16H,5-12,14H2,1-4H3,(H,23,24)/t16-,21+/m1/s1. The van der Waals surface area contributed by atoms with Crippen molar-refractivity contribution in [2.45, 2.75) is 78.2 Å². The molecule has 146 valence electrons. The fraction of sp³-hybridized carbons (Fsp3) is 0.714. The van der Waals surface area contributed by atoms with E-state index in [2.05, 4.69) is 31.1 Å². The molecule has 1 aliphatic carbocycles. The first-order valence-corrected chi connectivity index (χ1v) is 10.1. The normalized spacial score (nSPS) is 22.8. The first-order chi connectivity index (χ1) is 12.5. The maximum atomic E-state index is 13.1. The van der Waals surface area contributed by atoms with Crippen LogP contribution < -0.4 is 10.1 Å². The summed E-state index contributed by atoms with van der Waals surface area (Å²) in [5.41, 5.74) is 0.921. The van der Waals surface area contributed by atoms with Crippen LogP contribution in [0.5, 0.6) is 5.88 Å². The van der Waals surface area contributed by atoms with Crippen LogP contribution in [-0.4, -0.2) is 29.7 Å². The Morgan fingerprint density at radius 2 is 2.15 bits per heavy atom. The summed E-state index contributed by atoms with van der Waals surface area (Å²) in [6, 6.07) is 1.92. The number of anilines is 1. The first-order valence-electron chi connectivity index (χ1n) is 10.1. The lowest BCUT2D eigenvalue weighted by molar-refractivity contribution is -0.148. The molecule has 5 heteroatoms. The fourth-order valence-electron chi connectivity index (χ4n) is 3.54. The second-order valence-corrected chi connectivity index (χ2v) is 7.55. The summed E-state index contributed by atoms with van der Waals surface area (Å²) in [6.07, 6.45) is 8.44. The van der Waals surface area contributed by atoms with Gasteiger partial charge in [0, 0.05) is 12.2 Å². The van der Waals surface area contributed by atoms with Gasteiger partial charge in [-0.1, -0.05) is 33.6 Å². The van der Waals surface area contributed by atoms with Gasteiger partial charge in [-0.2, -0.15) is 0 Å². The van der Waals surface area contributed by atoms with Crippen LogP contribution in [0.4, 0.5) is 5.69 Å². The Hall–Kier alpha value is -1.62. The minimum Gasteiger partial charge on any atom is -0.477 e. The van der Waals surface area contributed by atoms with E-state index in [1.54, 1.807) is 6.20 Å². The zero-order valence-electron chi connectivity index (χ0n) is 16.8. The summed E-state index contributed by atoms with van der Waals surface area (Å²) in [4.78, 5) is 17.4. The van der Waals surface area contributed by atoms with E-state index < -0.39 is 5.60 Å². The van der Waals surface area contributed by atoms with Crippen LogP contribution in [0.2, 0.25) is 0 Å². The summed E-state index contributed by atoms with van der Waals surface area (Å²) < 4.78 is 11.8. The molecule has 1 amide bonds. The molecule has 0 radical (unpaired) electrons. The molecule has 1 fully saturated rings. The maximum absolute atomic E-state index is 13.1. The Bertz CT molecular complexity index is 591. The smallest absolute Gasteiger partial charge is 0.256 e. The summed E-state index contributed by atoms with van der Waals surface area (Å²) in [6.45, 7) is 9.64. The molecule has 1 aliphatic rings. The van der Waals surface area contributed by atoms with Crippen molar-refractivity contribution in [2.75, 3.05) is 18.5 Å². The molecule has 0 spiro atoms. The highest BCUT2D eigenvalue weighted by Crippen LogP contribution is 2.36. The first kappa shape index (κ1) is 20.7. The Morgan fingerprint density at radius 1 is 1.35 bits per heavy atom. The number of nitrogens with zero attached hydrogens (tertiary/aromatic N) is 1. The van der Waals surface area contributed by atoms with E-state index in [-0.39, 0.29) is 5.91 Å². The summed E-state index contributed by atoms with van der Waals surface area (Å²) in [7, 11) is 0. The fourth-order valence-corrected chi connectivity index (χ4v) is 3.54. The van der Waals surface area contributed by atoms with Crippen molar-refractivity contribution in [1.82, 2.24) is 4.98 Å². The molecule has 1 aromatic heterocycles. The molecule has 1 aromatic rings. The molecule has 0 bridgehead atoms. The van der Waals surface area contributed by atoms with Crippen molar-refractivity contribution >= 4 is 11.6 Å². The van der Waals surface area contributed by atoms with Gasteiger partial charge in [0.05, 0.1) is 18.5 Å². The third kappa shape index (κ3) is 5.44. The Morgan fingerprint density at radius 3 is 2.81 bits per heavy atom. The highest BCUT2D eigenvalue weighted by molar-refractivity contribution is 5.97. The van der Waals surface area contributed by atoms with Gasteiger partial charge in [-0.3, -0.25) is 4.79 Å². The van der Waals surface area contributed by atoms with Crippen molar-refractivity contribution in [3.63, 3.8) is 0 Å². The molecule has 2 rings (SSSR count). The number of carbonyl (C=O) groups excluding carboxylic acids is 1. The minimum absolute atomic E-state index is 0.0432. The second kappa shape index (κ2) is 9.91. The van der Waals surface area contributed by atoms with Gasteiger partial charge >= 0.3 is 0 Å². The van der Waals surface area contributed by atoms with Crippen molar-refractivity contribution in [2.24, 2.45) is 5.92 Å². The quantitative estimate of drug-likeness (QED) is 0.636. The van der Waals surface area contributed by atoms with E-state index >= 15 is 0 Å². The molecular formula is C21H34N2O3. The monoisotopic (exact) mass is 362 g/mol. The van der Waals surface area contributed by atoms with E-state index in [4.69, 9.17) is 9.47 Å². The van der Waals surface area contributed by atoms with Crippen LogP contribution in [0.3, 0.4) is 0 Å². The zero-order chi connectivity index (χ0) is 19.0. The van der Waals surface area contributed by atoms with Gasteiger partial charge in [0.2, 0.25) is 5.88 Å². The molecule has 0 unspecified atom stereocenters. The van der Waals surface area contributed by atoms with E-state index in [1.807, 2.05) is 13.0 Å². The lowest BCUT2D eigenvalue weighted by Crippen LogP contribution is -2.48.